The smallest absolute Gasteiger partial charge is 0.387 e. The third-order valence-corrected chi connectivity index (χ3v) is 9.46. The van der Waals surface area contributed by atoms with Gasteiger partial charge < -0.3 is 30.5 Å². The quantitative estimate of drug-likeness (QED) is 0.0803. The molecule has 2 unspecified atom stereocenters. The summed E-state index contributed by atoms with van der Waals surface area (Å²) in [4.78, 5) is 67.8. The van der Waals surface area contributed by atoms with E-state index < -0.39 is 64.2 Å². The molecular formula is C23H28N6O13P2. The number of imidazole rings is 1. The summed E-state index contributed by atoms with van der Waals surface area (Å²) in [6, 6.07) is 6.45. The molecule has 3 aromatic rings. The Balaban J connectivity index is 1.06. The molecule has 5 rings (SSSR count). The van der Waals surface area contributed by atoms with Gasteiger partial charge >= 0.3 is 15.6 Å². The Morgan fingerprint density at radius 1 is 0.977 bits per heavy atom. The zero-order valence-electron chi connectivity index (χ0n) is 22.7. The van der Waals surface area contributed by atoms with Crippen LogP contribution in [0.1, 0.15) is 46.2 Å². The number of phosphoric acid groups is 2. The van der Waals surface area contributed by atoms with Crippen LogP contribution < -0.4 is 11.3 Å². The van der Waals surface area contributed by atoms with E-state index in [9.17, 15) is 43.5 Å². The number of aliphatic hydroxyl groups excluding tert-OH is 2. The minimum Gasteiger partial charge on any atom is -0.387 e. The van der Waals surface area contributed by atoms with Crippen LogP contribution in [0.3, 0.4) is 0 Å². The van der Waals surface area contributed by atoms with Crippen LogP contribution in [0.15, 0.2) is 35.4 Å². The fourth-order valence-corrected chi connectivity index (χ4v) is 6.86. The SMILES string of the molecule is Nc1nc2c(ncn2[C@@H]2O[C@H](COP(=O)(O)OP(=O)(O)OCCCCCN3C(=O)c4ccccc4C3=O)[C@@H](O)[C@H]2O)c(=O)[nH]1. The van der Waals surface area contributed by atoms with E-state index in [0.717, 1.165) is 15.8 Å². The Morgan fingerprint density at radius 2 is 1.64 bits per heavy atom. The van der Waals surface area contributed by atoms with Gasteiger partial charge in [-0.1, -0.05) is 12.1 Å². The lowest BCUT2D eigenvalue weighted by molar-refractivity contribution is -0.0504. The summed E-state index contributed by atoms with van der Waals surface area (Å²) in [5.41, 5.74) is 5.36. The van der Waals surface area contributed by atoms with Crippen molar-refractivity contribution in [3.05, 3.63) is 52.1 Å². The van der Waals surface area contributed by atoms with Crippen molar-refractivity contribution in [1.29, 1.82) is 0 Å². The molecule has 238 valence electrons. The van der Waals surface area contributed by atoms with Gasteiger partial charge in [-0.15, -0.1) is 0 Å². The van der Waals surface area contributed by atoms with Crippen molar-refractivity contribution in [1.82, 2.24) is 24.4 Å². The Labute approximate surface area is 247 Å². The highest BCUT2D eigenvalue weighted by Gasteiger charge is 2.46. The molecule has 0 saturated carbocycles. The molecule has 44 heavy (non-hydrogen) atoms. The highest BCUT2D eigenvalue weighted by Crippen LogP contribution is 2.60. The van der Waals surface area contributed by atoms with Gasteiger partial charge in [0.25, 0.3) is 17.4 Å². The van der Waals surface area contributed by atoms with E-state index >= 15 is 0 Å². The van der Waals surface area contributed by atoms with Gasteiger partial charge in [0, 0.05) is 6.54 Å². The number of nitrogen functional groups attached to an aromatic ring is 1. The van der Waals surface area contributed by atoms with E-state index in [1.165, 1.54) is 0 Å². The van der Waals surface area contributed by atoms with Gasteiger partial charge in [0.15, 0.2) is 17.4 Å². The number of aromatic nitrogens is 4. The molecule has 19 nitrogen and oxygen atoms in total. The number of nitrogens with one attached hydrogen (secondary N) is 1. The van der Waals surface area contributed by atoms with Crippen molar-refractivity contribution in [2.75, 3.05) is 25.5 Å². The first-order chi connectivity index (χ1) is 20.8. The average molecular weight is 658 g/mol. The van der Waals surface area contributed by atoms with Gasteiger partial charge in [-0.25, -0.2) is 14.1 Å². The first-order valence-corrected chi connectivity index (χ1v) is 16.1. The van der Waals surface area contributed by atoms with Crippen LogP contribution in [0.5, 0.6) is 0 Å². The van der Waals surface area contributed by atoms with Crippen molar-refractivity contribution in [3.63, 3.8) is 0 Å². The van der Waals surface area contributed by atoms with E-state index in [1.54, 1.807) is 24.3 Å². The minimum absolute atomic E-state index is 0.0674. The van der Waals surface area contributed by atoms with Crippen LogP contribution in [-0.2, 0) is 27.2 Å². The van der Waals surface area contributed by atoms with Crippen LogP contribution in [-0.4, -0.2) is 94.3 Å². The Hall–Kier alpha value is -3.35. The monoisotopic (exact) mass is 658 g/mol. The average Bonchev–Trinajstić information content (AvgIpc) is 3.57. The molecule has 4 heterocycles. The maximum atomic E-state index is 12.4. The normalized spacial score (nSPS) is 24.5. The number of unbranched alkanes of at least 4 members (excludes halogenated alkanes) is 2. The number of benzene rings is 1. The summed E-state index contributed by atoms with van der Waals surface area (Å²) in [7, 11) is -10.3. The number of phosphoric ester groups is 2. The molecule has 2 aliphatic heterocycles. The molecule has 1 fully saturated rings. The summed E-state index contributed by atoms with van der Waals surface area (Å²) >= 11 is 0. The number of anilines is 1. The van der Waals surface area contributed by atoms with Crippen LogP contribution >= 0.6 is 15.6 Å². The Morgan fingerprint density at radius 3 is 2.32 bits per heavy atom. The number of hydrogen-bond acceptors (Lipinski definition) is 14. The predicted molar refractivity (Wildman–Crippen MR) is 147 cm³/mol. The number of amides is 2. The zero-order valence-corrected chi connectivity index (χ0v) is 24.5. The summed E-state index contributed by atoms with van der Waals surface area (Å²) in [6.45, 7) is -1.11. The standard InChI is InChI=1S/C23H28N6O13P2/c24-23-26-18-15(19(32)27-23)25-11-29(18)22-17(31)16(30)14(41-22)10-40-44(37,38)42-43(35,36)39-9-5-1-4-8-28-20(33)12-6-2-3-7-13(12)21(28)34/h2-3,6-7,11,14,16-17,22,30-31H,1,4-5,8-10H2,(H,35,36)(H,37,38)(H3,24,26,27,32)/t14-,16-,17-,22-/m1/s1. The lowest BCUT2D eigenvalue weighted by Gasteiger charge is -2.19. The van der Waals surface area contributed by atoms with Crippen molar-refractivity contribution in [3.8, 4) is 0 Å². The van der Waals surface area contributed by atoms with Crippen LogP contribution in [0.25, 0.3) is 11.2 Å². The topological polar surface area (TPSA) is 279 Å². The minimum atomic E-state index is -5.25. The number of ether oxygens (including phenoxy) is 1. The van der Waals surface area contributed by atoms with E-state index in [1.807, 2.05) is 0 Å². The zero-order chi connectivity index (χ0) is 31.8. The fraction of sp³-hybridized carbons (Fsp3) is 0.435. The number of nitrogens with zero attached hydrogens (tertiary/aromatic N) is 4. The maximum Gasteiger partial charge on any atom is 0.481 e. The van der Waals surface area contributed by atoms with Gasteiger partial charge in [-0.3, -0.25) is 37.9 Å². The molecule has 1 aromatic carbocycles. The van der Waals surface area contributed by atoms with Crippen LogP contribution in [0, 0.1) is 0 Å². The van der Waals surface area contributed by atoms with E-state index in [2.05, 4.69) is 19.3 Å². The number of imide groups is 1. The molecule has 2 aliphatic rings. The van der Waals surface area contributed by atoms with Gasteiger partial charge in [0.2, 0.25) is 5.95 Å². The number of fused-ring (bicyclic) bond motifs is 2. The second-order valence-corrected chi connectivity index (χ2v) is 12.9. The van der Waals surface area contributed by atoms with Crippen LogP contribution in [0.2, 0.25) is 0 Å². The summed E-state index contributed by atoms with van der Waals surface area (Å²) < 4.78 is 44.9. The van der Waals surface area contributed by atoms with Crippen molar-refractivity contribution in [2.45, 2.75) is 43.8 Å². The first kappa shape index (κ1) is 32.1. The number of H-pyrrole nitrogens is 1. The lowest BCUT2D eigenvalue weighted by Crippen LogP contribution is -2.33. The second kappa shape index (κ2) is 12.6. The van der Waals surface area contributed by atoms with Crippen molar-refractivity contribution < 1.29 is 56.8 Å². The Bertz CT molecular complexity index is 1690. The summed E-state index contributed by atoms with van der Waals surface area (Å²) in [5, 5.41) is 20.9. The number of nitrogens with two attached hydrogens (primary N) is 1. The van der Waals surface area contributed by atoms with Crippen molar-refractivity contribution >= 4 is 44.6 Å². The lowest BCUT2D eigenvalue weighted by atomic mass is 10.1. The molecule has 0 radical (unpaired) electrons. The molecule has 21 heteroatoms. The van der Waals surface area contributed by atoms with Gasteiger partial charge in [0.1, 0.15) is 18.3 Å². The summed E-state index contributed by atoms with van der Waals surface area (Å²) in [6.07, 6.45) is -4.05. The second-order valence-electron chi connectivity index (χ2n) is 9.84. The van der Waals surface area contributed by atoms with E-state index in [0.29, 0.717) is 24.0 Å². The molecule has 6 atom stereocenters. The first-order valence-electron chi connectivity index (χ1n) is 13.1. The predicted octanol–water partition coefficient (Wildman–Crippen LogP) is 0.0381. The third-order valence-electron chi connectivity index (χ3n) is 6.83. The summed E-state index contributed by atoms with van der Waals surface area (Å²) in [5.74, 6) is -1.04. The molecule has 0 aliphatic carbocycles. The van der Waals surface area contributed by atoms with Gasteiger partial charge in [-0.05, 0) is 31.4 Å². The molecule has 0 bridgehead atoms. The third kappa shape index (κ3) is 6.67. The molecule has 1 saturated heterocycles. The highest BCUT2D eigenvalue weighted by atomic mass is 31.3. The van der Waals surface area contributed by atoms with Gasteiger partial charge in [0.05, 0.1) is 30.7 Å². The maximum absolute atomic E-state index is 12.4. The number of aliphatic hydroxyl groups is 2. The fourth-order valence-electron chi connectivity index (χ4n) is 4.74. The Kier molecular flexibility index (Phi) is 9.16. The largest absolute Gasteiger partial charge is 0.481 e. The van der Waals surface area contributed by atoms with Crippen LogP contribution in [0.4, 0.5) is 5.95 Å². The number of hydrogen-bond donors (Lipinski definition) is 6. The van der Waals surface area contributed by atoms with E-state index in [-0.39, 0.29) is 36.7 Å². The number of carbonyl (C=O) groups is 2. The highest BCUT2D eigenvalue weighted by molar-refractivity contribution is 7.61. The molecule has 0 spiro atoms. The van der Waals surface area contributed by atoms with Crippen molar-refractivity contribution in [2.24, 2.45) is 0 Å². The number of rotatable bonds is 13. The molecule has 2 amide bonds. The molecule has 2 aromatic heterocycles. The molecule has 7 N–H and O–H groups in total. The number of carbonyl (C=O) groups excluding carboxylic acids is 2. The van der Waals surface area contributed by atoms with E-state index in [4.69, 9.17) is 19.5 Å². The molecular weight excluding hydrogens is 630 g/mol. The van der Waals surface area contributed by atoms with Gasteiger partial charge in [-0.2, -0.15) is 9.29 Å². The number of aromatic amines is 1.